The second-order valence-corrected chi connectivity index (χ2v) is 8.10. The molecule has 2 aromatic heterocycles. The van der Waals surface area contributed by atoms with E-state index >= 15 is 0 Å². The minimum atomic E-state index is -1.22. The molecule has 0 saturated heterocycles. The molecule has 4 aromatic rings. The van der Waals surface area contributed by atoms with Crippen molar-refractivity contribution in [3.63, 3.8) is 0 Å². The number of fused-ring (bicyclic) bond motifs is 1. The Bertz CT molecular complexity index is 1530. The molecule has 2 aromatic carbocycles. The number of nitrogen functional groups attached to an aromatic ring is 1. The van der Waals surface area contributed by atoms with Crippen LogP contribution in [0.3, 0.4) is 0 Å². The zero-order valence-corrected chi connectivity index (χ0v) is 18.9. The summed E-state index contributed by atoms with van der Waals surface area (Å²) in [4.78, 5) is 26.2. The Morgan fingerprint density at radius 1 is 1.24 bits per heavy atom. The second kappa shape index (κ2) is 8.68. The Morgan fingerprint density at radius 2 is 1.97 bits per heavy atom. The quantitative estimate of drug-likeness (QED) is 0.435. The lowest BCUT2D eigenvalue weighted by atomic mass is 9.96. The lowest BCUT2D eigenvalue weighted by Gasteiger charge is -2.32. The van der Waals surface area contributed by atoms with Crippen LogP contribution in [0.15, 0.2) is 47.4 Å². The summed E-state index contributed by atoms with van der Waals surface area (Å²) in [5.74, 6) is -2.27. The van der Waals surface area contributed by atoms with Crippen LogP contribution in [0.4, 0.5) is 20.5 Å². The molecule has 2 heterocycles. The lowest BCUT2D eigenvalue weighted by Crippen LogP contribution is -2.40. The first-order chi connectivity index (χ1) is 16.2. The maximum atomic E-state index is 14.9. The maximum Gasteiger partial charge on any atom is 0.267 e. The van der Waals surface area contributed by atoms with Gasteiger partial charge in [-0.1, -0.05) is 30.7 Å². The fourth-order valence-electron chi connectivity index (χ4n) is 3.58. The van der Waals surface area contributed by atoms with Crippen LogP contribution in [0.1, 0.15) is 31.7 Å². The largest absolute Gasteiger partial charge is 0.368 e. The predicted octanol–water partition coefficient (Wildman–Crippen LogP) is 4.30. The average Bonchev–Trinajstić information content (AvgIpc) is 2.81. The molecule has 1 unspecified atom stereocenters. The van der Waals surface area contributed by atoms with E-state index in [1.54, 1.807) is 26.0 Å². The number of anilines is 2. The van der Waals surface area contributed by atoms with Gasteiger partial charge in [-0.15, -0.1) is 0 Å². The summed E-state index contributed by atoms with van der Waals surface area (Å²) in [6.07, 6.45) is 1.56. The van der Waals surface area contributed by atoms with Gasteiger partial charge in [0.1, 0.15) is 23.3 Å². The van der Waals surface area contributed by atoms with Crippen molar-refractivity contribution in [3.8, 4) is 11.8 Å². The molecule has 0 spiro atoms. The van der Waals surface area contributed by atoms with Crippen molar-refractivity contribution in [2.24, 2.45) is 0 Å². The standard InChI is InChI=1S/C23H18ClF2N7O/c1-3-23(2,32-19-12(10-27)11-29-22(28)31-19)21-30-15-8-4-6-13(24)17(15)20(34)33(21)16-9-5-7-14(25)18(16)26/h4-9,11H,3H2,1-2H3,(H3,28,29,31,32). The van der Waals surface area contributed by atoms with Crippen molar-refractivity contribution >= 4 is 34.3 Å². The van der Waals surface area contributed by atoms with Gasteiger partial charge in [-0.3, -0.25) is 9.36 Å². The number of nitrogens with two attached hydrogens (primary N) is 1. The zero-order chi connectivity index (χ0) is 24.6. The van der Waals surface area contributed by atoms with E-state index in [0.29, 0.717) is 6.42 Å². The number of halogens is 3. The summed E-state index contributed by atoms with van der Waals surface area (Å²) in [6, 6.07) is 10.2. The van der Waals surface area contributed by atoms with Gasteiger partial charge in [-0.2, -0.15) is 10.2 Å². The Morgan fingerprint density at radius 3 is 2.68 bits per heavy atom. The molecular formula is C23H18ClF2N7O. The van der Waals surface area contributed by atoms with E-state index in [4.69, 9.17) is 17.3 Å². The summed E-state index contributed by atoms with van der Waals surface area (Å²) in [5.41, 5.74) is 3.86. The van der Waals surface area contributed by atoms with E-state index in [0.717, 1.165) is 10.6 Å². The number of benzene rings is 2. The summed E-state index contributed by atoms with van der Waals surface area (Å²) in [5, 5.41) is 12.8. The molecule has 11 heteroatoms. The Balaban J connectivity index is 2.08. The van der Waals surface area contributed by atoms with Gasteiger partial charge < -0.3 is 11.1 Å². The summed E-state index contributed by atoms with van der Waals surface area (Å²) < 4.78 is 30.1. The van der Waals surface area contributed by atoms with Gasteiger partial charge in [0.2, 0.25) is 5.95 Å². The molecule has 0 saturated carbocycles. The minimum Gasteiger partial charge on any atom is -0.368 e. The van der Waals surface area contributed by atoms with Gasteiger partial charge >= 0.3 is 0 Å². The van der Waals surface area contributed by atoms with E-state index in [9.17, 15) is 18.8 Å². The van der Waals surface area contributed by atoms with E-state index < -0.39 is 22.7 Å². The number of rotatable bonds is 5. The van der Waals surface area contributed by atoms with Crippen LogP contribution in [0.25, 0.3) is 16.6 Å². The fourth-order valence-corrected chi connectivity index (χ4v) is 3.84. The van der Waals surface area contributed by atoms with E-state index in [1.807, 2.05) is 6.07 Å². The van der Waals surface area contributed by atoms with Gasteiger partial charge in [0.05, 0.1) is 33.3 Å². The van der Waals surface area contributed by atoms with Crippen molar-refractivity contribution in [3.05, 3.63) is 81.0 Å². The number of nitrogens with one attached hydrogen (secondary N) is 1. The predicted molar refractivity (Wildman–Crippen MR) is 125 cm³/mol. The van der Waals surface area contributed by atoms with Crippen molar-refractivity contribution in [2.75, 3.05) is 11.1 Å². The Labute approximate surface area is 197 Å². The van der Waals surface area contributed by atoms with Gasteiger partial charge in [0.15, 0.2) is 11.6 Å². The lowest BCUT2D eigenvalue weighted by molar-refractivity contribution is 0.462. The van der Waals surface area contributed by atoms with Crippen molar-refractivity contribution in [2.45, 2.75) is 25.8 Å². The SMILES string of the molecule is CCC(C)(Nc1nc(N)ncc1C#N)c1nc2cccc(Cl)c2c(=O)n1-c1cccc(F)c1F. The van der Waals surface area contributed by atoms with Crippen LogP contribution in [-0.4, -0.2) is 19.5 Å². The second-order valence-electron chi connectivity index (χ2n) is 7.70. The molecule has 0 aliphatic heterocycles. The van der Waals surface area contributed by atoms with E-state index in [2.05, 4.69) is 20.3 Å². The fraction of sp³-hybridized carbons (Fsp3) is 0.174. The molecule has 4 rings (SSSR count). The van der Waals surface area contributed by atoms with Crippen LogP contribution in [0.2, 0.25) is 5.02 Å². The highest BCUT2D eigenvalue weighted by atomic mass is 35.5. The number of nitrogens with zero attached hydrogens (tertiary/aromatic N) is 5. The molecule has 0 amide bonds. The number of hydrogen-bond acceptors (Lipinski definition) is 7. The van der Waals surface area contributed by atoms with Crippen molar-refractivity contribution < 1.29 is 8.78 Å². The number of nitriles is 1. The Hall–Kier alpha value is -4.10. The van der Waals surface area contributed by atoms with E-state index in [1.165, 1.54) is 24.4 Å². The molecule has 8 nitrogen and oxygen atoms in total. The third-order valence-corrected chi connectivity index (χ3v) is 5.86. The number of aromatic nitrogens is 4. The maximum absolute atomic E-state index is 14.9. The highest BCUT2D eigenvalue weighted by Gasteiger charge is 2.34. The first-order valence-electron chi connectivity index (χ1n) is 10.2. The monoisotopic (exact) mass is 481 g/mol. The van der Waals surface area contributed by atoms with Crippen LogP contribution in [0.5, 0.6) is 0 Å². The van der Waals surface area contributed by atoms with Crippen LogP contribution in [0, 0.1) is 23.0 Å². The van der Waals surface area contributed by atoms with E-state index in [-0.39, 0.29) is 44.8 Å². The molecule has 3 N–H and O–H groups in total. The average molecular weight is 482 g/mol. The smallest absolute Gasteiger partial charge is 0.267 e. The molecule has 0 aliphatic carbocycles. The first kappa shape index (κ1) is 23.1. The van der Waals surface area contributed by atoms with Crippen molar-refractivity contribution in [1.29, 1.82) is 5.26 Å². The minimum absolute atomic E-state index is 0.0547. The van der Waals surface area contributed by atoms with Crippen LogP contribution in [-0.2, 0) is 5.54 Å². The summed E-state index contributed by atoms with van der Waals surface area (Å²) >= 11 is 6.28. The highest BCUT2D eigenvalue weighted by Crippen LogP contribution is 2.32. The molecule has 0 bridgehead atoms. The normalized spacial score (nSPS) is 12.8. The topological polar surface area (TPSA) is 123 Å². The molecule has 34 heavy (non-hydrogen) atoms. The molecule has 0 aliphatic rings. The molecule has 0 radical (unpaired) electrons. The highest BCUT2D eigenvalue weighted by molar-refractivity contribution is 6.35. The third kappa shape index (κ3) is 3.80. The van der Waals surface area contributed by atoms with Gasteiger partial charge in [0, 0.05) is 0 Å². The molecular weight excluding hydrogens is 464 g/mol. The molecule has 0 fully saturated rings. The van der Waals surface area contributed by atoms with Crippen LogP contribution < -0.4 is 16.6 Å². The van der Waals surface area contributed by atoms with Gasteiger partial charge in [0.25, 0.3) is 5.56 Å². The number of hydrogen-bond donors (Lipinski definition) is 2. The Kier molecular flexibility index (Phi) is 5.89. The summed E-state index contributed by atoms with van der Waals surface area (Å²) in [6.45, 7) is 3.49. The van der Waals surface area contributed by atoms with Crippen molar-refractivity contribution in [1.82, 2.24) is 19.5 Å². The van der Waals surface area contributed by atoms with Crippen LogP contribution >= 0.6 is 11.6 Å². The molecule has 1 atom stereocenters. The zero-order valence-electron chi connectivity index (χ0n) is 18.1. The third-order valence-electron chi connectivity index (χ3n) is 5.54. The molecule has 172 valence electrons. The van der Waals surface area contributed by atoms with Gasteiger partial charge in [-0.05, 0) is 37.6 Å². The first-order valence-corrected chi connectivity index (χ1v) is 10.5. The van der Waals surface area contributed by atoms with Gasteiger partial charge in [-0.25, -0.2) is 18.7 Å². The summed E-state index contributed by atoms with van der Waals surface area (Å²) in [7, 11) is 0.